The Morgan fingerprint density at radius 2 is 1.90 bits per heavy atom. The number of ether oxygens (including phenoxy) is 3. The molecule has 1 heterocycles. The Balaban J connectivity index is 1.41. The molecule has 0 spiro atoms. The van der Waals surface area contributed by atoms with Crippen LogP contribution in [0.1, 0.15) is 19.8 Å². The van der Waals surface area contributed by atoms with Gasteiger partial charge >= 0.3 is 5.97 Å². The van der Waals surface area contributed by atoms with Gasteiger partial charge in [-0.3, -0.25) is 19.7 Å². The molecule has 1 aliphatic heterocycles. The lowest BCUT2D eigenvalue weighted by atomic mass is 10.2. The van der Waals surface area contributed by atoms with E-state index in [1.165, 1.54) is 13.0 Å². The second kappa shape index (κ2) is 10.3. The number of nitro groups is 1. The summed E-state index contributed by atoms with van der Waals surface area (Å²) in [4.78, 5) is 34.8. The SMILES string of the molecule is C[C@@H](OC(=O)CCCNc1ccccc1[N+](=O)[O-])C(=O)Nc1ccc2c(c1)OCCO2. The number of para-hydroxylation sites is 2. The number of hydrogen-bond acceptors (Lipinski definition) is 8. The number of hydrogen-bond donors (Lipinski definition) is 2. The van der Waals surface area contributed by atoms with Crippen molar-refractivity contribution in [3.63, 3.8) is 0 Å². The van der Waals surface area contributed by atoms with Crippen molar-refractivity contribution in [2.75, 3.05) is 30.4 Å². The Bertz CT molecular complexity index is 964. The van der Waals surface area contributed by atoms with Crippen molar-refractivity contribution < 1.29 is 28.7 Å². The molecule has 2 aromatic carbocycles. The first-order chi connectivity index (χ1) is 14.9. The second-order valence-corrected chi connectivity index (χ2v) is 6.78. The molecule has 0 radical (unpaired) electrons. The van der Waals surface area contributed by atoms with Crippen molar-refractivity contribution in [3.8, 4) is 11.5 Å². The third-order valence-electron chi connectivity index (χ3n) is 4.46. The molecule has 0 aromatic heterocycles. The molecule has 2 aromatic rings. The van der Waals surface area contributed by atoms with Gasteiger partial charge in [-0.15, -0.1) is 0 Å². The van der Waals surface area contributed by atoms with Crippen molar-refractivity contribution >= 4 is 28.9 Å². The number of nitrogens with zero attached hydrogens (tertiary/aromatic N) is 1. The van der Waals surface area contributed by atoms with Gasteiger partial charge in [0, 0.05) is 30.8 Å². The number of nitro benzene ring substituents is 1. The lowest BCUT2D eigenvalue weighted by Gasteiger charge is -2.19. The summed E-state index contributed by atoms with van der Waals surface area (Å²) >= 11 is 0. The van der Waals surface area contributed by atoms with Gasteiger partial charge in [-0.05, 0) is 31.5 Å². The van der Waals surface area contributed by atoms with Gasteiger partial charge in [-0.1, -0.05) is 12.1 Å². The van der Waals surface area contributed by atoms with Crippen LogP contribution in [-0.2, 0) is 14.3 Å². The molecule has 31 heavy (non-hydrogen) atoms. The topological polar surface area (TPSA) is 129 Å². The van der Waals surface area contributed by atoms with E-state index in [0.29, 0.717) is 49.1 Å². The summed E-state index contributed by atoms with van der Waals surface area (Å²) in [5.41, 5.74) is 0.855. The van der Waals surface area contributed by atoms with Crippen LogP contribution in [0.15, 0.2) is 42.5 Å². The van der Waals surface area contributed by atoms with Crippen LogP contribution in [0.25, 0.3) is 0 Å². The van der Waals surface area contributed by atoms with Crippen LogP contribution in [0.2, 0.25) is 0 Å². The van der Waals surface area contributed by atoms with E-state index in [4.69, 9.17) is 14.2 Å². The first-order valence-electron chi connectivity index (χ1n) is 9.81. The van der Waals surface area contributed by atoms with Crippen LogP contribution in [0.5, 0.6) is 11.5 Å². The van der Waals surface area contributed by atoms with Crippen molar-refractivity contribution in [1.82, 2.24) is 0 Å². The average Bonchev–Trinajstić information content (AvgIpc) is 2.76. The maximum atomic E-state index is 12.3. The number of nitrogens with one attached hydrogen (secondary N) is 2. The molecule has 0 fully saturated rings. The molecule has 2 N–H and O–H groups in total. The minimum absolute atomic E-state index is 0.0329. The van der Waals surface area contributed by atoms with Crippen LogP contribution < -0.4 is 20.1 Å². The normalized spacial score (nSPS) is 13.1. The quantitative estimate of drug-likeness (QED) is 0.269. The molecule has 3 rings (SSSR count). The zero-order valence-corrected chi connectivity index (χ0v) is 17.0. The highest BCUT2D eigenvalue weighted by molar-refractivity contribution is 5.95. The fourth-order valence-corrected chi connectivity index (χ4v) is 2.91. The molecule has 10 nitrogen and oxygen atoms in total. The van der Waals surface area contributed by atoms with Gasteiger partial charge in [0.2, 0.25) is 0 Å². The van der Waals surface area contributed by atoms with Crippen molar-refractivity contribution in [1.29, 1.82) is 0 Å². The summed E-state index contributed by atoms with van der Waals surface area (Å²) in [6.45, 7) is 2.74. The van der Waals surface area contributed by atoms with Gasteiger partial charge in [-0.2, -0.15) is 0 Å². The standard InChI is InChI=1S/C21H23N3O7/c1-14(21(26)23-15-8-9-18-19(13-15)30-12-11-29-18)31-20(25)7-4-10-22-16-5-2-3-6-17(16)24(27)28/h2-3,5-6,8-9,13-14,22H,4,7,10-12H2,1H3,(H,23,26)/t14-/m1/s1. The molecule has 10 heteroatoms. The average molecular weight is 429 g/mol. The molecule has 0 saturated carbocycles. The second-order valence-electron chi connectivity index (χ2n) is 6.78. The maximum absolute atomic E-state index is 12.3. The Morgan fingerprint density at radius 3 is 2.68 bits per heavy atom. The van der Waals surface area contributed by atoms with E-state index in [1.54, 1.807) is 36.4 Å². The first kappa shape index (κ1) is 21.9. The van der Waals surface area contributed by atoms with Gasteiger partial charge in [0.05, 0.1) is 4.92 Å². The van der Waals surface area contributed by atoms with E-state index < -0.39 is 22.9 Å². The van der Waals surface area contributed by atoms with Crippen LogP contribution in [0.4, 0.5) is 17.1 Å². The molecular weight excluding hydrogens is 406 g/mol. The number of benzene rings is 2. The minimum Gasteiger partial charge on any atom is -0.486 e. The van der Waals surface area contributed by atoms with Crippen LogP contribution in [-0.4, -0.2) is 42.7 Å². The number of rotatable bonds is 9. The molecule has 1 atom stereocenters. The van der Waals surface area contributed by atoms with E-state index in [-0.39, 0.29) is 12.1 Å². The number of amides is 1. The number of carbonyl (C=O) groups excluding carboxylic acids is 2. The summed E-state index contributed by atoms with van der Waals surface area (Å²) in [5, 5.41) is 16.6. The summed E-state index contributed by atoms with van der Waals surface area (Å²) in [7, 11) is 0. The van der Waals surface area contributed by atoms with E-state index in [2.05, 4.69) is 10.6 Å². The first-order valence-corrected chi connectivity index (χ1v) is 9.81. The molecule has 0 bridgehead atoms. The maximum Gasteiger partial charge on any atom is 0.306 e. The Labute approximate surface area is 178 Å². The molecule has 1 amide bonds. The monoisotopic (exact) mass is 429 g/mol. The van der Waals surface area contributed by atoms with Gasteiger partial charge < -0.3 is 24.8 Å². The van der Waals surface area contributed by atoms with Gasteiger partial charge in [0.1, 0.15) is 18.9 Å². The summed E-state index contributed by atoms with van der Waals surface area (Å²) in [6.07, 6.45) is -0.528. The summed E-state index contributed by atoms with van der Waals surface area (Å²) < 4.78 is 16.1. The molecule has 0 saturated heterocycles. The number of fused-ring (bicyclic) bond motifs is 1. The van der Waals surface area contributed by atoms with Gasteiger partial charge in [0.15, 0.2) is 17.6 Å². The van der Waals surface area contributed by atoms with Crippen LogP contribution >= 0.6 is 0 Å². The number of esters is 1. The minimum atomic E-state index is -0.983. The van der Waals surface area contributed by atoms with Crippen molar-refractivity contribution in [2.45, 2.75) is 25.9 Å². The Morgan fingerprint density at radius 1 is 1.16 bits per heavy atom. The highest BCUT2D eigenvalue weighted by Gasteiger charge is 2.19. The largest absolute Gasteiger partial charge is 0.486 e. The predicted molar refractivity (Wildman–Crippen MR) is 112 cm³/mol. The predicted octanol–water partition coefficient (Wildman–Crippen LogP) is 3.13. The zero-order valence-electron chi connectivity index (χ0n) is 17.0. The van der Waals surface area contributed by atoms with Crippen LogP contribution in [0.3, 0.4) is 0 Å². The fraction of sp³-hybridized carbons (Fsp3) is 0.333. The van der Waals surface area contributed by atoms with Gasteiger partial charge in [0.25, 0.3) is 11.6 Å². The number of carbonyl (C=O) groups is 2. The van der Waals surface area contributed by atoms with E-state index in [0.717, 1.165) is 0 Å². The molecule has 1 aliphatic rings. The number of anilines is 2. The molecule has 0 aliphatic carbocycles. The Hall–Kier alpha value is -3.82. The van der Waals surface area contributed by atoms with Crippen molar-refractivity contribution in [2.24, 2.45) is 0 Å². The third-order valence-corrected chi connectivity index (χ3v) is 4.46. The molecule has 164 valence electrons. The lowest BCUT2D eigenvalue weighted by molar-refractivity contribution is -0.384. The zero-order chi connectivity index (χ0) is 22.2. The fourth-order valence-electron chi connectivity index (χ4n) is 2.91. The van der Waals surface area contributed by atoms with Crippen molar-refractivity contribution in [3.05, 3.63) is 52.6 Å². The van der Waals surface area contributed by atoms with E-state index in [1.807, 2.05) is 0 Å². The highest BCUT2D eigenvalue weighted by atomic mass is 16.6. The third kappa shape index (κ3) is 6.08. The Kier molecular flexibility index (Phi) is 7.26. The molecular formula is C21H23N3O7. The van der Waals surface area contributed by atoms with Crippen LogP contribution in [0, 0.1) is 10.1 Å². The summed E-state index contributed by atoms with van der Waals surface area (Å²) in [6, 6.07) is 11.3. The molecule has 0 unspecified atom stereocenters. The van der Waals surface area contributed by atoms with Gasteiger partial charge in [-0.25, -0.2) is 0 Å². The smallest absolute Gasteiger partial charge is 0.306 e. The highest BCUT2D eigenvalue weighted by Crippen LogP contribution is 2.32. The summed E-state index contributed by atoms with van der Waals surface area (Å²) in [5.74, 6) is 0.148. The lowest BCUT2D eigenvalue weighted by Crippen LogP contribution is -2.30. The van der Waals surface area contributed by atoms with E-state index in [9.17, 15) is 19.7 Å². The van der Waals surface area contributed by atoms with E-state index >= 15 is 0 Å².